The van der Waals surface area contributed by atoms with Crippen molar-refractivity contribution in [2.45, 2.75) is 50.6 Å². The highest BCUT2D eigenvalue weighted by Gasteiger charge is 2.47. The number of fused-ring (bicyclic) bond motifs is 1. The number of nitrogens with zero attached hydrogens (tertiary/aromatic N) is 5. The Balaban J connectivity index is 1.43. The number of hydrogen-bond donors (Lipinski definition) is 0. The Bertz CT molecular complexity index is 1100. The monoisotopic (exact) mass is 477 g/mol. The number of anilines is 2. The second-order valence-electron chi connectivity index (χ2n) is 9.18. The maximum absolute atomic E-state index is 13.9. The lowest BCUT2D eigenvalue weighted by molar-refractivity contribution is -0.152. The van der Waals surface area contributed by atoms with Crippen LogP contribution in [0.4, 0.5) is 24.9 Å². The van der Waals surface area contributed by atoms with Crippen LogP contribution in [-0.4, -0.2) is 64.9 Å². The molecule has 2 aliphatic heterocycles. The number of pyridine rings is 1. The number of Topliss-reactive ketones (excluding diaryl/α,β-unsaturated/α-hetero) is 1. The third-order valence-electron chi connectivity index (χ3n) is 6.64. The fourth-order valence-corrected chi connectivity index (χ4v) is 4.54. The molecule has 1 aliphatic carbocycles. The number of halogens is 3. The fraction of sp³-hybridized carbons (Fsp3) is 0.565. The normalized spacial score (nSPS) is 22.7. The SMILES string of the molecule is O=C(CN1c2nc(N3CC[C@H](OCC4CC4)C3)cc(=O)n2CC[C@H]1C(F)(F)F)c1cccnc1. The van der Waals surface area contributed by atoms with Crippen LogP contribution in [0.25, 0.3) is 0 Å². The summed E-state index contributed by atoms with van der Waals surface area (Å²) < 4.78 is 49.0. The second-order valence-corrected chi connectivity index (χ2v) is 9.18. The summed E-state index contributed by atoms with van der Waals surface area (Å²) >= 11 is 0. The Kier molecular flexibility index (Phi) is 6.05. The summed E-state index contributed by atoms with van der Waals surface area (Å²) in [5, 5.41) is 0. The quantitative estimate of drug-likeness (QED) is 0.568. The molecule has 0 bridgehead atoms. The van der Waals surface area contributed by atoms with Gasteiger partial charge in [-0.2, -0.15) is 18.2 Å². The topological polar surface area (TPSA) is 80.6 Å². The molecule has 2 fully saturated rings. The predicted octanol–water partition coefficient (Wildman–Crippen LogP) is 2.67. The van der Waals surface area contributed by atoms with Crippen molar-refractivity contribution in [1.29, 1.82) is 0 Å². The molecule has 5 rings (SSSR count). The first-order chi connectivity index (χ1) is 16.3. The summed E-state index contributed by atoms with van der Waals surface area (Å²) in [6, 6.07) is 2.50. The first kappa shape index (κ1) is 22.8. The summed E-state index contributed by atoms with van der Waals surface area (Å²) in [6.45, 7) is 1.17. The van der Waals surface area contributed by atoms with E-state index in [0.717, 1.165) is 17.9 Å². The van der Waals surface area contributed by atoms with Crippen molar-refractivity contribution in [2.24, 2.45) is 5.92 Å². The van der Waals surface area contributed by atoms with Crippen molar-refractivity contribution in [1.82, 2.24) is 14.5 Å². The second kappa shape index (κ2) is 9.01. The Morgan fingerprint density at radius 2 is 2.00 bits per heavy atom. The summed E-state index contributed by atoms with van der Waals surface area (Å²) in [5.74, 6) is 0.294. The van der Waals surface area contributed by atoms with Crippen LogP contribution >= 0.6 is 0 Å². The third-order valence-corrected chi connectivity index (χ3v) is 6.64. The molecule has 1 saturated heterocycles. The minimum atomic E-state index is -4.58. The van der Waals surface area contributed by atoms with Gasteiger partial charge in [0, 0.05) is 50.3 Å². The number of carbonyl (C=O) groups excluding carboxylic acids is 1. The zero-order chi connectivity index (χ0) is 23.9. The van der Waals surface area contributed by atoms with E-state index >= 15 is 0 Å². The molecule has 2 atom stereocenters. The van der Waals surface area contributed by atoms with Crippen molar-refractivity contribution in [3.63, 3.8) is 0 Å². The first-order valence-electron chi connectivity index (χ1n) is 11.5. The van der Waals surface area contributed by atoms with Crippen LogP contribution in [-0.2, 0) is 11.3 Å². The van der Waals surface area contributed by atoms with Crippen molar-refractivity contribution in [3.05, 3.63) is 46.5 Å². The summed E-state index contributed by atoms with van der Waals surface area (Å²) in [6.07, 6.45) is 1.03. The van der Waals surface area contributed by atoms with Crippen LogP contribution in [0.2, 0.25) is 0 Å². The number of rotatable bonds is 7. The number of carbonyl (C=O) groups is 1. The molecular weight excluding hydrogens is 451 g/mol. The minimum Gasteiger partial charge on any atom is -0.376 e. The zero-order valence-electron chi connectivity index (χ0n) is 18.6. The van der Waals surface area contributed by atoms with E-state index in [1.165, 1.54) is 41.9 Å². The molecule has 0 spiro atoms. The van der Waals surface area contributed by atoms with Gasteiger partial charge in [0.2, 0.25) is 5.95 Å². The van der Waals surface area contributed by atoms with Gasteiger partial charge in [-0.1, -0.05) is 0 Å². The molecule has 8 nitrogen and oxygen atoms in total. The average molecular weight is 477 g/mol. The predicted molar refractivity (Wildman–Crippen MR) is 118 cm³/mol. The van der Waals surface area contributed by atoms with Gasteiger partial charge in [-0.3, -0.25) is 19.1 Å². The highest BCUT2D eigenvalue weighted by Crippen LogP contribution is 2.35. The molecule has 11 heteroatoms. The molecule has 1 saturated carbocycles. The maximum Gasteiger partial charge on any atom is 0.408 e. The fourth-order valence-electron chi connectivity index (χ4n) is 4.54. The largest absolute Gasteiger partial charge is 0.408 e. The summed E-state index contributed by atoms with van der Waals surface area (Å²) in [4.78, 5) is 36.8. The number of hydrogen-bond acceptors (Lipinski definition) is 7. The van der Waals surface area contributed by atoms with Crippen LogP contribution in [0.15, 0.2) is 35.4 Å². The van der Waals surface area contributed by atoms with E-state index in [1.807, 2.05) is 4.90 Å². The van der Waals surface area contributed by atoms with E-state index in [-0.39, 0.29) is 30.6 Å². The molecule has 0 N–H and O–H groups in total. The third kappa shape index (κ3) is 4.79. The Labute approximate surface area is 194 Å². The average Bonchev–Trinajstić information content (AvgIpc) is 3.53. The lowest BCUT2D eigenvalue weighted by Gasteiger charge is -2.39. The number of alkyl halides is 3. The van der Waals surface area contributed by atoms with E-state index in [0.29, 0.717) is 24.8 Å². The van der Waals surface area contributed by atoms with Crippen molar-refractivity contribution >= 4 is 17.5 Å². The van der Waals surface area contributed by atoms with Gasteiger partial charge in [0.1, 0.15) is 11.9 Å². The molecule has 3 aliphatic rings. The van der Waals surface area contributed by atoms with Crippen molar-refractivity contribution < 1.29 is 22.7 Å². The molecule has 4 heterocycles. The Hall–Kier alpha value is -2.95. The van der Waals surface area contributed by atoms with E-state index < -0.39 is 30.1 Å². The number of ether oxygens (including phenoxy) is 1. The van der Waals surface area contributed by atoms with Gasteiger partial charge in [-0.15, -0.1) is 0 Å². The molecule has 0 aromatic carbocycles. The van der Waals surface area contributed by atoms with E-state index in [4.69, 9.17) is 4.74 Å². The highest BCUT2D eigenvalue weighted by atomic mass is 19.4. The molecular formula is C23H26F3N5O3. The Morgan fingerprint density at radius 3 is 2.71 bits per heavy atom. The molecule has 0 unspecified atom stereocenters. The smallest absolute Gasteiger partial charge is 0.376 e. The molecule has 0 radical (unpaired) electrons. The highest BCUT2D eigenvalue weighted by molar-refractivity contribution is 5.98. The van der Waals surface area contributed by atoms with Gasteiger partial charge in [0.25, 0.3) is 5.56 Å². The van der Waals surface area contributed by atoms with E-state index in [9.17, 15) is 22.8 Å². The Morgan fingerprint density at radius 1 is 1.18 bits per heavy atom. The molecule has 34 heavy (non-hydrogen) atoms. The maximum atomic E-state index is 13.9. The minimum absolute atomic E-state index is 0.00683. The lowest BCUT2D eigenvalue weighted by atomic mass is 10.1. The van der Waals surface area contributed by atoms with Gasteiger partial charge < -0.3 is 14.5 Å². The summed E-state index contributed by atoms with van der Waals surface area (Å²) in [7, 11) is 0. The van der Waals surface area contributed by atoms with Gasteiger partial charge in [-0.25, -0.2) is 0 Å². The van der Waals surface area contributed by atoms with Crippen LogP contribution in [0, 0.1) is 5.92 Å². The zero-order valence-corrected chi connectivity index (χ0v) is 18.6. The van der Waals surface area contributed by atoms with Crippen LogP contribution in [0.5, 0.6) is 0 Å². The number of ketones is 1. The van der Waals surface area contributed by atoms with Crippen LogP contribution < -0.4 is 15.4 Å². The lowest BCUT2D eigenvalue weighted by Crippen LogP contribution is -2.54. The molecule has 2 aromatic rings. The standard InChI is InChI=1S/C23H26F3N5O3/c24-23(25,26)19-6-9-30-21(33)10-20(29-8-5-17(12-29)34-14-15-3-4-15)28-22(30)31(19)13-18(32)16-2-1-7-27-11-16/h1-2,7,10-11,15,17,19H,3-6,8-9,12-14H2/t17-,19-/m0/s1. The van der Waals surface area contributed by atoms with Gasteiger partial charge >= 0.3 is 6.18 Å². The molecule has 182 valence electrons. The van der Waals surface area contributed by atoms with Gasteiger partial charge in [-0.05, 0) is 43.7 Å². The van der Waals surface area contributed by atoms with Crippen LogP contribution in [0.1, 0.15) is 36.0 Å². The number of aromatic nitrogens is 3. The van der Waals surface area contributed by atoms with Crippen LogP contribution in [0.3, 0.4) is 0 Å². The van der Waals surface area contributed by atoms with Gasteiger partial charge in [0.15, 0.2) is 5.78 Å². The van der Waals surface area contributed by atoms with E-state index in [2.05, 4.69) is 9.97 Å². The molecule has 2 aromatic heterocycles. The molecule has 0 amide bonds. The van der Waals surface area contributed by atoms with Crippen molar-refractivity contribution in [3.8, 4) is 0 Å². The van der Waals surface area contributed by atoms with Crippen molar-refractivity contribution in [2.75, 3.05) is 36.0 Å². The van der Waals surface area contributed by atoms with E-state index in [1.54, 1.807) is 6.07 Å². The summed E-state index contributed by atoms with van der Waals surface area (Å²) in [5.41, 5.74) is -0.226. The van der Waals surface area contributed by atoms with Gasteiger partial charge in [0.05, 0.1) is 12.6 Å². The first-order valence-corrected chi connectivity index (χ1v) is 11.5.